The summed E-state index contributed by atoms with van der Waals surface area (Å²) >= 11 is 0. The minimum atomic E-state index is -1.95. The number of aliphatic hydroxyl groups is 12. The van der Waals surface area contributed by atoms with Gasteiger partial charge < -0.3 is 99.8 Å². The van der Waals surface area contributed by atoms with Crippen molar-refractivity contribution in [1.82, 2.24) is 5.32 Å². The first-order valence-electron chi connectivity index (χ1n) is 15.5. The largest absolute Gasteiger partial charge is 0.394 e. The van der Waals surface area contributed by atoms with E-state index >= 15 is 0 Å². The summed E-state index contributed by atoms with van der Waals surface area (Å²) in [7, 11) is 0. The van der Waals surface area contributed by atoms with E-state index in [4.69, 9.17) is 33.2 Å². The van der Waals surface area contributed by atoms with Crippen LogP contribution in [-0.2, 0) is 38.0 Å². The third-order valence-electron chi connectivity index (χ3n) is 8.83. The standard InChI is InChI=1S/C27H47NO20/c1-3-8-13(33)17(37)20(40)26(43-8)48-23-22(47-25-12(28-7(2)32)16(36)14(34)9(4-29)44-25)15(35)10(5-30)45-27(23)46-21-11(6-31)42-24(41)19(39)18(21)38/h8-27,29-31,33-41H,3-6H2,1-2H3,(H,28,32)/t8-,9+,10+,11+,12+,13+,14-,15-,16+,17+,18+,19+,20-,21+,22-,23+,24?,25+,26-,27-/m0/s1. The van der Waals surface area contributed by atoms with Crippen molar-refractivity contribution < 1.29 is 99.2 Å². The molecular formula is C27H47NO20. The second-order valence-electron chi connectivity index (χ2n) is 12.1. The van der Waals surface area contributed by atoms with Crippen LogP contribution in [0, 0.1) is 0 Å². The second-order valence-corrected chi connectivity index (χ2v) is 12.1. The van der Waals surface area contributed by atoms with E-state index in [1.807, 2.05) is 0 Å². The molecule has 21 nitrogen and oxygen atoms in total. The number of nitrogens with one attached hydrogen (secondary N) is 1. The molecule has 0 saturated carbocycles. The van der Waals surface area contributed by atoms with E-state index in [1.54, 1.807) is 6.92 Å². The van der Waals surface area contributed by atoms with Crippen molar-refractivity contribution in [2.75, 3.05) is 19.8 Å². The van der Waals surface area contributed by atoms with E-state index in [-0.39, 0.29) is 6.42 Å². The topological polar surface area (TPSA) is 336 Å². The summed E-state index contributed by atoms with van der Waals surface area (Å²) in [4.78, 5) is 12.0. The second kappa shape index (κ2) is 16.8. The fourth-order valence-corrected chi connectivity index (χ4v) is 6.10. The van der Waals surface area contributed by atoms with Crippen LogP contribution < -0.4 is 5.32 Å². The number of ether oxygens (including phenoxy) is 7. The molecule has 1 amide bonds. The summed E-state index contributed by atoms with van der Waals surface area (Å²) in [5.74, 6) is -0.709. The Morgan fingerprint density at radius 2 is 1.06 bits per heavy atom. The lowest BCUT2D eigenvalue weighted by Crippen LogP contribution is -2.69. The van der Waals surface area contributed by atoms with Gasteiger partial charge in [0.2, 0.25) is 5.91 Å². The maximum absolute atomic E-state index is 12.0. The van der Waals surface area contributed by atoms with Crippen LogP contribution in [0.25, 0.3) is 0 Å². The lowest BCUT2D eigenvalue weighted by atomic mass is 9.94. The van der Waals surface area contributed by atoms with Crippen LogP contribution >= 0.6 is 0 Å². The first kappa shape index (κ1) is 39.5. The minimum Gasteiger partial charge on any atom is -0.394 e. The Hall–Kier alpha value is -1.29. The highest BCUT2D eigenvalue weighted by molar-refractivity contribution is 5.73. The summed E-state index contributed by atoms with van der Waals surface area (Å²) < 4.78 is 40.0. The molecule has 13 N–H and O–H groups in total. The number of rotatable bonds is 11. The van der Waals surface area contributed by atoms with Crippen molar-refractivity contribution in [2.45, 2.75) is 143 Å². The summed E-state index contributed by atoms with van der Waals surface area (Å²) in [5, 5.41) is 127. The monoisotopic (exact) mass is 705 g/mol. The summed E-state index contributed by atoms with van der Waals surface area (Å²) in [6.07, 6.45) is -32.8. The average molecular weight is 706 g/mol. The number of aliphatic hydroxyl groups excluding tert-OH is 12. The zero-order chi connectivity index (χ0) is 35.6. The molecule has 0 radical (unpaired) electrons. The van der Waals surface area contributed by atoms with Crippen LogP contribution in [0.5, 0.6) is 0 Å². The zero-order valence-electron chi connectivity index (χ0n) is 26.0. The Morgan fingerprint density at radius 1 is 0.542 bits per heavy atom. The van der Waals surface area contributed by atoms with Crippen LogP contribution in [0.3, 0.4) is 0 Å². The van der Waals surface area contributed by atoms with Gasteiger partial charge in [-0.3, -0.25) is 4.79 Å². The fraction of sp³-hybridized carbons (Fsp3) is 0.963. The third kappa shape index (κ3) is 8.10. The molecular weight excluding hydrogens is 658 g/mol. The van der Waals surface area contributed by atoms with Crippen LogP contribution in [0.15, 0.2) is 0 Å². The van der Waals surface area contributed by atoms with E-state index in [1.165, 1.54) is 0 Å². The first-order valence-corrected chi connectivity index (χ1v) is 15.5. The average Bonchev–Trinajstić information content (AvgIpc) is 3.06. The first-order chi connectivity index (χ1) is 22.7. The van der Waals surface area contributed by atoms with Crippen LogP contribution in [0.1, 0.15) is 20.3 Å². The van der Waals surface area contributed by atoms with Gasteiger partial charge in [-0.05, 0) is 6.42 Å². The molecule has 4 aliphatic rings. The fourth-order valence-electron chi connectivity index (χ4n) is 6.10. The molecule has 48 heavy (non-hydrogen) atoms. The Labute approximate surface area is 273 Å². The molecule has 0 aromatic heterocycles. The molecule has 4 heterocycles. The molecule has 0 spiro atoms. The van der Waals surface area contributed by atoms with Gasteiger partial charge in [-0.2, -0.15) is 0 Å². The van der Waals surface area contributed by atoms with E-state index in [0.29, 0.717) is 0 Å². The van der Waals surface area contributed by atoms with Gasteiger partial charge in [0, 0.05) is 6.92 Å². The van der Waals surface area contributed by atoms with Gasteiger partial charge in [-0.15, -0.1) is 0 Å². The van der Waals surface area contributed by atoms with Gasteiger partial charge in [0.05, 0.1) is 25.9 Å². The minimum absolute atomic E-state index is 0.127. The molecule has 1 unspecified atom stereocenters. The molecule has 20 atom stereocenters. The van der Waals surface area contributed by atoms with Crippen LogP contribution in [0.2, 0.25) is 0 Å². The van der Waals surface area contributed by atoms with Crippen molar-refractivity contribution in [2.24, 2.45) is 0 Å². The molecule has 21 heteroatoms. The maximum atomic E-state index is 12.0. The lowest BCUT2D eigenvalue weighted by molar-refractivity contribution is -0.401. The third-order valence-corrected chi connectivity index (χ3v) is 8.83. The summed E-state index contributed by atoms with van der Waals surface area (Å²) in [6, 6.07) is -1.54. The zero-order valence-corrected chi connectivity index (χ0v) is 26.0. The number of hydrogen-bond acceptors (Lipinski definition) is 20. The van der Waals surface area contributed by atoms with Gasteiger partial charge in [0.1, 0.15) is 91.5 Å². The maximum Gasteiger partial charge on any atom is 0.217 e. The Kier molecular flexibility index (Phi) is 13.8. The molecule has 0 aromatic carbocycles. The molecule has 0 aromatic rings. The van der Waals surface area contributed by atoms with Crippen LogP contribution in [-0.4, -0.2) is 210 Å². The Balaban J connectivity index is 1.74. The van der Waals surface area contributed by atoms with Gasteiger partial charge in [0.25, 0.3) is 0 Å². The van der Waals surface area contributed by atoms with Crippen molar-refractivity contribution in [1.29, 1.82) is 0 Å². The highest BCUT2D eigenvalue weighted by atomic mass is 16.8. The highest BCUT2D eigenvalue weighted by Crippen LogP contribution is 2.36. The predicted molar refractivity (Wildman–Crippen MR) is 149 cm³/mol. The normalized spacial score (nSPS) is 50.2. The quantitative estimate of drug-likeness (QED) is 0.0949. The van der Waals surface area contributed by atoms with Crippen LogP contribution in [0.4, 0.5) is 0 Å². The van der Waals surface area contributed by atoms with E-state index in [2.05, 4.69) is 5.32 Å². The van der Waals surface area contributed by atoms with E-state index < -0.39 is 148 Å². The molecule has 0 aliphatic carbocycles. The Morgan fingerprint density at radius 3 is 1.65 bits per heavy atom. The van der Waals surface area contributed by atoms with Crippen molar-refractivity contribution >= 4 is 5.91 Å². The molecule has 4 saturated heterocycles. The van der Waals surface area contributed by atoms with E-state index in [0.717, 1.165) is 6.92 Å². The lowest BCUT2D eigenvalue weighted by Gasteiger charge is -2.50. The molecule has 4 rings (SSSR count). The number of carbonyl (C=O) groups excluding carboxylic acids is 1. The van der Waals surface area contributed by atoms with Crippen molar-refractivity contribution in [3.8, 4) is 0 Å². The predicted octanol–water partition coefficient (Wildman–Crippen LogP) is -8.19. The van der Waals surface area contributed by atoms with Crippen molar-refractivity contribution in [3.05, 3.63) is 0 Å². The van der Waals surface area contributed by atoms with Gasteiger partial charge in [0.15, 0.2) is 25.2 Å². The van der Waals surface area contributed by atoms with Gasteiger partial charge >= 0.3 is 0 Å². The van der Waals surface area contributed by atoms with E-state index in [9.17, 15) is 66.1 Å². The number of carbonyl (C=O) groups is 1. The number of hydrogen-bond donors (Lipinski definition) is 13. The Bertz CT molecular complexity index is 1030. The smallest absolute Gasteiger partial charge is 0.217 e. The molecule has 4 fully saturated rings. The number of amides is 1. The SMILES string of the molecule is CC[C@@H]1O[C@@H](O[C@H]2[C@H](O[C@H]3[C@H](O)[C@@H](O)C(O)O[C@@H]3CO)O[C@H](CO)[C@H](O)[C@@H]2O[C@H]2O[C@H](CO)[C@H](O)[C@H](O)[C@H]2NC(C)=O)[C@@H](O)[C@H](O)[C@@H]1O. The molecule has 280 valence electrons. The molecule has 4 aliphatic heterocycles. The molecule has 0 bridgehead atoms. The van der Waals surface area contributed by atoms with Crippen molar-refractivity contribution in [3.63, 3.8) is 0 Å². The summed E-state index contributed by atoms with van der Waals surface area (Å²) in [5.41, 5.74) is 0. The van der Waals surface area contributed by atoms with Gasteiger partial charge in [-0.1, -0.05) is 6.92 Å². The highest BCUT2D eigenvalue weighted by Gasteiger charge is 2.56. The summed E-state index contributed by atoms with van der Waals surface area (Å²) in [6.45, 7) is 0.0877. The van der Waals surface area contributed by atoms with Gasteiger partial charge in [-0.25, -0.2) is 0 Å².